The van der Waals surface area contributed by atoms with E-state index in [1.54, 1.807) is 4.57 Å². The van der Waals surface area contributed by atoms with Crippen molar-refractivity contribution in [3.63, 3.8) is 0 Å². The summed E-state index contributed by atoms with van der Waals surface area (Å²) in [5, 5.41) is 0. The molecular formula is C27H26N2O5. The Labute approximate surface area is 197 Å². The van der Waals surface area contributed by atoms with Crippen LogP contribution in [0.2, 0.25) is 0 Å². The maximum absolute atomic E-state index is 12.9. The first-order valence-electron chi connectivity index (χ1n) is 10.7. The lowest BCUT2D eigenvalue weighted by Crippen LogP contribution is -2.08. The molecule has 0 bridgehead atoms. The van der Waals surface area contributed by atoms with Gasteiger partial charge in [0.2, 0.25) is 0 Å². The fourth-order valence-electron chi connectivity index (χ4n) is 3.94. The van der Waals surface area contributed by atoms with Gasteiger partial charge in [0, 0.05) is 44.9 Å². The molecule has 3 heterocycles. The first kappa shape index (κ1) is 24.4. The van der Waals surface area contributed by atoms with Gasteiger partial charge in [-0.3, -0.25) is 9.59 Å². The van der Waals surface area contributed by atoms with Gasteiger partial charge in [-0.2, -0.15) is 9.59 Å². The Hall–Kier alpha value is -4.22. The highest BCUT2D eigenvalue weighted by atomic mass is 16.3. The fourth-order valence-corrected chi connectivity index (χ4v) is 3.94. The van der Waals surface area contributed by atoms with E-state index >= 15 is 0 Å². The van der Waals surface area contributed by atoms with Gasteiger partial charge in [0.15, 0.2) is 11.6 Å². The van der Waals surface area contributed by atoms with E-state index in [1.807, 2.05) is 93.4 Å². The van der Waals surface area contributed by atoms with Crippen LogP contribution in [0.4, 0.5) is 0 Å². The zero-order valence-electron chi connectivity index (χ0n) is 19.6. The molecule has 0 radical (unpaired) electrons. The van der Waals surface area contributed by atoms with Crippen molar-refractivity contribution in [2.45, 2.75) is 26.7 Å². The summed E-state index contributed by atoms with van der Waals surface area (Å²) in [6.07, 6.45) is 4.63. The van der Waals surface area contributed by atoms with Crippen LogP contribution in [0.3, 0.4) is 0 Å². The summed E-state index contributed by atoms with van der Waals surface area (Å²) in [5.41, 5.74) is 5.12. The molecule has 7 nitrogen and oxygen atoms in total. The molecule has 0 fully saturated rings. The third-order valence-electron chi connectivity index (χ3n) is 5.48. The number of hydrogen-bond acceptors (Lipinski definition) is 5. The van der Waals surface area contributed by atoms with Gasteiger partial charge in [0.1, 0.15) is 11.5 Å². The summed E-state index contributed by atoms with van der Waals surface area (Å²) >= 11 is 0. The van der Waals surface area contributed by atoms with Gasteiger partial charge in [-0.15, -0.1) is 0 Å². The van der Waals surface area contributed by atoms with Crippen LogP contribution in [-0.4, -0.2) is 26.9 Å². The zero-order valence-corrected chi connectivity index (χ0v) is 19.6. The van der Waals surface area contributed by atoms with Gasteiger partial charge in [0.25, 0.3) is 0 Å². The number of hydrogen-bond donors (Lipinski definition) is 0. The molecule has 0 aliphatic carbocycles. The summed E-state index contributed by atoms with van der Waals surface area (Å²) in [4.78, 5) is 41.8. The number of nitrogens with zero attached hydrogens (tertiary/aromatic N) is 2. The average molecular weight is 459 g/mol. The van der Waals surface area contributed by atoms with Crippen molar-refractivity contribution < 1.29 is 23.6 Å². The Morgan fingerprint density at radius 3 is 1.88 bits per heavy atom. The number of carbonyl (C=O) groups excluding carboxylic acids is 4. The first-order chi connectivity index (χ1) is 16.2. The van der Waals surface area contributed by atoms with Crippen LogP contribution in [-0.2, 0) is 36.5 Å². The van der Waals surface area contributed by atoms with Crippen LogP contribution < -0.4 is 0 Å². The van der Waals surface area contributed by atoms with Crippen molar-refractivity contribution >= 4 is 17.7 Å². The average Bonchev–Trinajstić information content (AvgIpc) is 3.47. The van der Waals surface area contributed by atoms with Crippen molar-refractivity contribution in [3.8, 4) is 11.3 Å². The van der Waals surface area contributed by atoms with Crippen LogP contribution in [0.25, 0.3) is 11.3 Å². The van der Waals surface area contributed by atoms with Crippen LogP contribution in [0, 0.1) is 13.8 Å². The summed E-state index contributed by atoms with van der Waals surface area (Å²) in [7, 11) is 3.72. The minimum atomic E-state index is 0.0255. The van der Waals surface area contributed by atoms with E-state index < -0.39 is 0 Å². The Kier molecular flexibility index (Phi) is 7.61. The third-order valence-corrected chi connectivity index (χ3v) is 5.48. The number of aryl methyl sites for hydroxylation is 4. The summed E-state index contributed by atoms with van der Waals surface area (Å²) in [6, 6.07) is 15.5. The van der Waals surface area contributed by atoms with Crippen LogP contribution in [0.1, 0.15) is 43.4 Å². The molecule has 4 aromatic rings. The molecule has 0 aliphatic heterocycles. The Bertz CT molecular complexity index is 1350. The maximum Gasteiger partial charge on any atom is 0.373 e. The lowest BCUT2D eigenvalue weighted by atomic mass is 10.0. The van der Waals surface area contributed by atoms with Crippen molar-refractivity contribution in [3.05, 3.63) is 94.8 Å². The number of Topliss-reactive ketones (excluding diaryl/α,β-unsaturated/α-hetero) is 2. The number of aromatic nitrogens is 2. The highest BCUT2D eigenvalue weighted by molar-refractivity contribution is 5.98. The molecule has 3 aromatic heterocycles. The van der Waals surface area contributed by atoms with Gasteiger partial charge in [-0.05, 0) is 54.8 Å². The largest absolute Gasteiger partial charge is 0.461 e. The Morgan fingerprint density at radius 1 is 0.794 bits per heavy atom. The SMILES string of the molecule is Cc1cc(C(=O)Cc2cc(C(=O)Cc3ccc(-c4ccc(C)o4)cc3)n(C)c2)n(C)c1.O=C=O. The van der Waals surface area contributed by atoms with E-state index in [4.69, 9.17) is 14.0 Å². The summed E-state index contributed by atoms with van der Waals surface area (Å²) < 4.78 is 9.31. The molecule has 34 heavy (non-hydrogen) atoms. The van der Waals surface area contributed by atoms with E-state index in [0.29, 0.717) is 17.8 Å². The first-order valence-corrected chi connectivity index (χ1v) is 10.7. The van der Waals surface area contributed by atoms with E-state index in [0.717, 1.165) is 33.8 Å². The molecule has 0 amide bonds. The number of ketones is 2. The molecule has 174 valence electrons. The molecule has 0 saturated carbocycles. The highest BCUT2D eigenvalue weighted by Gasteiger charge is 2.17. The van der Waals surface area contributed by atoms with Gasteiger partial charge < -0.3 is 13.6 Å². The smallest absolute Gasteiger partial charge is 0.373 e. The molecule has 0 unspecified atom stereocenters. The number of furan rings is 1. The predicted octanol–water partition coefficient (Wildman–Crippen LogP) is 4.51. The summed E-state index contributed by atoms with van der Waals surface area (Å²) in [6.45, 7) is 3.89. The van der Waals surface area contributed by atoms with Crippen molar-refractivity contribution in [1.29, 1.82) is 0 Å². The molecule has 0 aliphatic rings. The van der Waals surface area contributed by atoms with E-state index in [1.165, 1.54) is 0 Å². The fraction of sp³-hybridized carbons (Fsp3) is 0.222. The molecule has 7 heteroatoms. The Balaban J connectivity index is 0.00000103. The number of benzene rings is 1. The lowest BCUT2D eigenvalue weighted by Gasteiger charge is -2.04. The Morgan fingerprint density at radius 2 is 1.35 bits per heavy atom. The van der Waals surface area contributed by atoms with Crippen molar-refractivity contribution in [2.75, 3.05) is 0 Å². The normalized spacial score (nSPS) is 10.4. The topological polar surface area (TPSA) is 91.3 Å². The number of rotatable bonds is 7. The molecule has 0 atom stereocenters. The zero-order chi connectivity index (χ0) is 24.8. The maximum atomic E-state index is 12.9. The second-order valence-corrected chi connectivity index (χ2v) is 8.25. The molecule has 1 aromatic carbocycles. The van der Waals surface area contributed by atoms with Crippen LogP contribution in [0.5, 0.6) is 0 Å². The molecule has 0 N–H and O–H groups in total. The van der Waals surface area contributed by atoms with E-state index in [9.17, 15) is 9.59 Å². The van der Waals surface area contributed by atoms with Crippen molar-refractivity contribution in [1.82, 2.24) is 9.13 Å². The second kappa shape index (κ2) is 10.6. The van der Waals surface area contributed by atoms with Gasteiger partial charge >= 0.3 is 6.15 Å². The standard InChI is InChI=1S/C26H26N2O3.CO2/c1-17-11-22(27(3)15-17)25(30)14-20-12-23(28(4)16-20)24(29)13-19-6-8-21(9-7-19)26-10-5-18(2)31-26;2-1-3/h5-12,15-16H,13-14H2,1-4H3;. The summed E-state index contributed by atoms with van der Waals surface area (Å²) in [5.74, 6) is 1.76. The minimum absolute atomic E-state index is 0.0255. The van der Waals surface area contributed by atoms with Crippen LogP contribution in [0.15, 0.2) is 65.3 Å². The van der Waals surface area contributed by atoms with E-state index in [2.05, 4.69) is 0 Å². The second-order valence-electron chi connectivity index (χ2n) is 8.25. The van der Waals surface area contributed by atoms with Crippen molar-refractivity contribution in [2.24, 2.45) is 14.1 Å². The minimum Gasteiger partial charge on any atom is -0.461 e. The quantitative estimate of drug-likeness (QED) is 0.380. The molecular weight excluding hydrogens is 432 g/mol. The van der Waals surface area contributed by atoms with Gasteiger partial charge in [-0.25, -0.2) is 0 Å². The van der Waals surface area contributed by atoms with Crippen LogP contribution >= 0.6 is 0 Å². The highest BCUT2D eigenvalue weighted by Crippen LogP contribution is 2.23. The van der Waals surface area contributed by atoms with Gasteiger partial charge in [0.05, 0.1) is 11.4 Å². The predicted molar refractivity (Wildman–Crippen MR) is 126 cm³/mol. The monoisotopic (exact) mass is 458 g/mol. The molecule has 0 spiro atoms. The van der Waals surface area contributed by atoms with E-state index in [-0.39, 0.29) is 24.1 Å². The molecule has 0 saturated heterocycles. The van der Waals surface area contributed by atoms with Gasteiger partial charge in [-0.1, -0.05) is 24.3 Å². The third kappa shape index (κ3) is 5.77. The number of carbonyl (C=O) groups is 2. The lowest BCUT2D eigenvalue weighted by molar-refractivity contribution is -0.191. The molecule has 4 rings (SSSR count).